The third-order valence-electron chi connectivity index (χ3n) is 4.88. The van der Waals surface area contributed by atoms with Crippen molar-refractivity contribution in [3.05, 3.63) is 15.6 Å². The van der Waals surface area contributed by atoms with Gasteiger partial charge in [-0.1, -0.05) is 19.8 Å². The minimum atomic E-state index is 0.821. The minimum absolute atomic E-state index is 0.821. The number of nitrogens with one attached hydrogen (secondary N) is 1. The molecule has 1 saturated carbocycles. The average Bonchev–Trinajstić information content (AvgIpc) is 2.84. The number of aliphatic imine (C=N–C) groups is 1. The smallest absolute Gasteiger partial charge is 0.193 e. The molecule has 1 heterocycles. The van der Waals surface area contributed by atoms with E-state index in [1.54, 1.807) is 11.3 Å². The molecule has 0 aromatic carbocycles. The summed E-state index contributed by atoms with van der Waals surface area (Å²) in [5, 5.41) is 4.67. The monoisotopic (exact) mass is 336 g/mol. The number of aromatic nitrogens is 1. The second kappa shape index (κ2) is 8.67. The number of guanidine groups is 1. The van der Waals surface area contributed by atoms with Gasteiger partial charge < -0.3 is 10.2 Å². The average molecular weight is 337 g/mol. The third-order valence-corrected chi connectivity index (χ3v) is 6.01. The van der Waals surface area contributed by atoms with E-state index in [2.05, 4.69) is 48.0 Å². The lowest BCUT2D eigenvalue weighted by Gasteiger charge is -2.31. The first kappa shape index (κ1) is 18.2. The fourth-order valence-corrected chi connectivity index (χ4v) is 4.40. The molecular formula is C18H32N4S. The maximum absolute atomic E-state index is 4.50. The van der Waals surface area contributed by atoms with E-state index < -0.39 is 0 Å². The van der Waals surface area contributed by atoms with Crippen LogP contribution in [0.3, 0.4) is 0 Å². The Labute approximate surface area is 145 Å². The standard InChI is InChI=1S/C18H32N4S/c1-13-6-8-16(9-7-13)12-22(5)18(19-4)20-11-10-17-14(2)21-15(3)23-17/h13,16H,6-12H2,1-5H3,(H,19,20). The Bertz CT molecular complexity index is 515. The van der Waals surface area contributed by atoms with Crippen molar-refractivity contribution in [3.63, 3.8) is 0 Å². The SMILES string of the molecule is CN=C(NCCc1sc(C)nc1C)N(C)CC1CCC(C)CC1. The molecule has 0 spiro atoms. The highest BCUT2D eigenvalue weighted by Crippen LogP contribution is 2.28. The molecule has 1 N–H and O–H groups in total. The lowest BCUT2D eigenvalue weighted by Crippen LogP contribution is -2.42. The molecule has 0 bridgehead atoms. The molecule has 23 heavy (non-hydrogen) atoms. The number of nitrogens with zero attached hydrogens (tertiary/aromatic N) is 3. The Balaban J connectivity index is 1.77. The predicted molar refractivity (Wildman–Crippen MR) is 100 cm³/mol. The topological polar surface area (TPSA) is 40.5 Å². The van der Waals surface area contributed by atoms with Gasteiger partial charge >= 0.3 is 0 Å². The number of aryl methyl sites for hydroxylation is 2. The van der Waals surface area contributed by atoms with Crippen molar-refractivity contribution in [3.8, 4) is 0 Å². The van der Waals surface area contributed by atoms with Gasteiger partial charge in [0.2, 0.25) is 0 Å². The maximum atomic E-state index is 4.50. The lowest BCUT2D eigenvalue weighted by molar-refractivity contribution is 0.250. The third kappa shape index (κ3) is 5.48. The van der Waals surface area contributed by atoms with E-state index in [1.807, 2.05) is 7.05 Å². The molecule has 5 heteroatoms. The molecule has 1 aromatic rings. The van der Waals surface area contributed by atoms with E-state index in [0.717, 1.165) is 42.3 Å². The van der Waals surface area contributed by atoms with Crippen molar-refractivity contribution in [1.82, 2.24) is 15.2 Å². The Kier molecular flexibility index (Phi) is 6.88. The van der Waals surface area contributed by atoms with Crippen LogP contribution in [0.5, 0.6) is 0 Å². The van der Waals surface area contributed by atoms with Crippen LogP contribution in [0.15, 0.2) is 4.99 Å². The maximum Gasteiger partial charge on any atom is 0.193 e. The predicted octanol–water partition coefficient (Wildman–Crippen LogP) is 3.64. The summed E-state index contributed by atoms with van der Waals surface area (Å²) in [6, 6.07) is 0. The molecule has 2 rings (SSSR count). The summed E-state index contributed by atoms with van der Waals surface area (Å²) in [5.41, 5.74) is 1.17. The van der Waals surface area contributed by atoms with Crippen LogP contribution in [0.4, 0.5) is 0 Å². The Hall–Kier alpha value is -1.10. The quantitative estimate of drug-likeness (QED) is 0.659. The van der Waals surface area contributed by atoms with Gasteiger partial charge in [0.25, 0.3) is 0 Å². The highest BCUT2D eigenvalue weighted by atomic mass is 32.1. The van der Waals surface area contributed by atoms with Crippen LogP contribution in [0.2, 0.25) is 0 Å². The van der Waals surface area contributed by atoms with E-state index in [9.17, 15) is 0 Å². The number of hydrogen-bond acceptors (Lipinski definition) is 3. The van der Waals surface area contributed by atoms with Gasteiger partial charge in [0.05, 0.1) is 10.7 Å². The summed E-state index contributed by atoms with van der Waals surface area (Å²) in [7, 11) is 4.04. The molecule has 0 saturated heterocycles. The van der Waals surface area contributed by atoms with Crippen molar-refractivity contribution in [2.45, 2.75) is 52.9 Å². The van der Waals surface area contributed by atoms with Crippen molar-refractivity contribution in [2.24, 2.45) is 16.8 Å². The van der Waals surface area contributed by atoms with Gasteiger partial charge in [-0.15, -0.1) is 11.3 Å². The van der Waals surface area contributed by atoms with Crippen LogP contribution in [0, 0.1) is 25.7 Å². The molecule has 0 unspecified atom stereocenters. The van der Waals surface area contributed by atoms with E-state index in [1.165, 1.54) is 36.3 Å². The summed E-state index contributed by atoms with van der Waals surface area (Å²) in [6.45, 7) is 8.59. The second-order valence-electron chi connectivity index (χ2n) is 6.97. The van der Waals surface area contributed by atoms with Crippen LogP contribution >= 0.6 is 11.3 Å². The van der Waals surface area contributed by atoms with E-state index in [0.29, 0.717) is 0 Å². The summed E-state index contributed by atoms with van der Waals surface area (Å²) in [4.78, 5) is 12.6. The molecule has 130 valence electrons. The zero-order chi connectivity index (χ0) is 16.8. The Morgan fingerprint density at radius 2 is 2.00 bits per heavy atom. The largest absolute Gasteiger partial charge is 0.356 e. The molecule has 1 aliphatic carbocycles. The van der Waals surface area contributed by atoms with Crippen molar-refractivity contribution < 1.29 is 0 Å². The zero-order valence-electron chi connectivity index (χ0n) is 15.4. The first-order chi connectivity index (χ1) is 11.0. The summed E-state index contributed by atoms with van der Waals surface area (Å²) in [5.74, 6) is 2.75. The number of thiazole rings is 1. The molecule has 0 radical (unpaired) electrons. The van der Waals surface area contributed by atoms with Crippen LogP contribution < -0.4 is 5.32 Å². The second-order valence-corrected chi connectivity index (χ2v) is 8.26. The fourth-order valence-electron chi connectivity index (χ4n) is 3.46. The van der Waals surface area contributed by atoms with Gasteiger partial charge in [-0.3, -0.25) is 4.99 Å². The molecule has 4 nitrogen and oxygen atoms in total. The van der Waals surface area contributed by atoms with Gasteiger partial charge in [-0.2, -0.15) is 0 Å². The highest BCUT2D eigenvalue weighted by Gasteiger charge is 2.20. The summed E-state index contributed by atoms with van der Waals surface area (Å²) < 4.78 is 0. The molecular weight excluding hydrogens is 304 g/mol. The first-order valence-corrected chi connectivity index (χ1v) is 9.66. The van der Waals surface area contributed by atoms with Gasteiger partial charge in [-0.05, 0) is 38.5 Å². The van der Waals surface area contributed by atoms with Crippen molar-refractivity contribution in [1.29, 1.82) is 0 Å². The Morgan fingerprint density at radius 3 is 2.57 bits per heavy atom. The fraction of sp³-hybridized carbons (Fsp3) is 0.778. The summed E-state index contributed by atoms with van der Waals surface area (Å²) in [6.07, 6.45) is 6.51. The number of rotatable bonds is 5. The number of hydrogen-bond donors (Lipinski definition) is 1. The lowest BCUT2D eigenvalue weighted by atomic mass is 9.83. The highest BCUT2D eigenvalue weighted by molar-refractivity contribution is 7.11. The Morgan fingerprint density at radius 1 is 1.30 bits per heavy atom. The molecule has 1 aromatic heterocycles. The van der Waals surface area contributed by atoms with Crippen LogP contribution in [-0.2, 0) is 6.42 Å². The van der Waals surface area contributed by atoms with Crippen LogP contribution in [0.25, 0.3) is 0 Å². The molecule has 0 atom stereocenters. The van der Waals surface area contributed by atoms with Crippen LogP contribution in [0.1, 0.15) is 48.2 Å². The van der Waals surface area contributed by atoms with E-state index >= 15 is 0 Å². The molecule has 1 aliphatic rings. The van der Waals surface area contributed by atoms with Gasteiger partial charge in [0.1, 0.15) is 0 Å². The van der Waals surface area contributed by atoms with Crippen molar-refractivity contribution in [2.75, 3.05) is 27.2 Å². The minimum Gasteiger partial charge on any atom is -0.356 e. The molecule has 0 aliphatic heterocycles. The zero-order valence-corrected chi connectivity index (χ0v) is 16.2. The van der Waals surface area contributed by atoms with E-state index in [4.69, 9.17) is 0 Å². The van der Waals surface area contributed by atoms with Gasteiger partial charge in [0.15, 0.2) is 5.96 Å². The first-order valence-electron chi connectivity index (χ1n) is 8.84. The van der Waals surface area contributed by atoms with Gasteiger partial charge in [0, 0.05) is 38.5 Å². The van der Waals surface area contributed by atoms with Crippen LogP contribution in [-0.4, -0.2) is 43.0 Å². The summed E-state index contributed by atoms with van der Waals surface area (Å²) >= 11 is 1.81. The van der Waals surface area contributed by atoms with Gasteiger partial charge in [-0.25, -0.2) is 4.98 Å². The normalized spacial score (nSPS) is 22.2. The van der Waals surface area contributed by atoms with E-state index in [-0.39, 0.29) is 0 Å². The molecule has 0 amide bonds. The molecule has 1 fully saturated rings. The van der Waals surface area contributed by atoms with Crippen molar-refractivity contribution >= 4 is 17.3 Å².